The van der Waals surface area contributed by atoms with E-state index in [-0.39, 0.29) is 12.5 Å². The number of benzene rings is 1. The highest BCUT2D eigenvalue weighted by molar-refractivity contribution is 5.98. The molecule has 0 aromatic heterocycles. The summed E-state index contributed by atoms with van der Waals surface area (Å²) in [7, 11) is 0. The molecule has 3 heteroatoms. The van der Waals surface area contributed by atoms with Gasteiger partial charge in [0.05, 0.1) is 6.61 Å². The molecule has 3 nitrogen and oxygen atoms in total. The Balaban J connectivity index is 2.30. The molecule has 0 radical (unpaired) electrons. The Labute approximate surface area is 114 Å². The Morgan fingerprint density at radius 3 is 2.79 bits per heavy atom. The zero-order chi connectivity index (χ0) is 14.0. The minimum absolute atomic E-state index is 0.0172. The first-order valence-electron chi connectivity index (χ1n) is 6.69. The lowest BCUT2D eigenvalue weighted by molar-refractivity contribution is 0.0745. The van der Waals surface area contributed by atoms with Gasteiger partial charge >= 0.3 is 0 Å². The van der Waals surface area contributed by atoms with Crippen molar-refractivity contribution in [3.63, 3.8) is 0 Å². The second-order valence-corrected chi connectivity index (χ2v) is 5.37. The summed E-state index contributed by atoms with van der Waals surface area (Å²) < 4.78 is 0. The summed E-state index contributed by atoms with van der Waals surface area (Å²) in [5.74, 6) is 0.0440. The maximum Gasteiger partial charge on any atom is 0.254 e. The van der Waals surface area contributed by atoms with Crippen molar-refractivity contribution >= 4 is 5.91 Å². The molecular weight excluding hydrogens is 238 g/mol. The minimum atomic E-state index is 0.0172. The summed E-state index contributed by atoms with van der Waals surface area (Å²) in [5, 5.41) is 8.98. The van der Waals surface area contributed by atoms with Crippen LogP contribution in [0, 0.1) is 6.92 Å². The van der Waals surface area contributed by atoms with E-state index >= 15 is 0 Å². The molecule has 1 aromatic rings. The van der Waals surface area contributed by atoms with E-state index in [0.717, 1.165) is 17.5 Å². The van der Waals surface area contributed by atoms with Gasteiger partial charge in [-0.05, 0) is 49.9 Å². The number of amides is 1. The molecule has 0 bridgehead atoms. The minimum Gasteiger partial charge on any atom is -0.395 e. The Morgan fingerprint density at radius 1 is 1.42 bits per heavy atom. The van der Waals surface area contributed by atoms with Crippen LogP contribution in [0.2, 0.25) is 0 Å². The van der Waals surface area contributed by atoms with Crippen molar-refractivity contribution in [3.05, 3.63) is 46.0 Å². The number of carbonyl (C=O) groups excluding carboxylic acids is 1. The van der Waals surface area contributed by atoms with E-state index in [0.29, 0.717) is 13.1 Å². The molecule has 1 N–H and O–H groups in total. The van der Waals surface area contributed by atoms with E-state index in [1.807, 2.05) is 6.07 Å². The number of carbonyl (C=O) groups is 1. The number of aryl methyl sites for hydroxylation is 1. The van der Waals surface area contributed by atoms with Crippen LogP contribution in [0.4, 0.5) is 0 Å². The lowest BCUT2D eigenvalue weighted by atomic mass is 9.98. The number of hydrogen-bond acceptors (Lipinski definition) is 2. The van der Waals surface area contributed by atoms with Gasteiger partial charge in [0.15, 0.2) is 0 Å². The van der Waals surface area contributed by atoms with E-state index in [1.165, 1.54) is 16.7 Å². The van der Waals surface area contributed by atoms with Crippen LogP contribution in [0.25, 0.3) is 0 Å². The molecule has 0 saturated carbocycles. The second kappa shape index (κ2) is 5.57. The maximum atomic E-state index is 12.2. The third-order valence-electron chi connectivity index (χ3n) is 3.54. The van der Waals surface area contributed by atoms with Crippen LogP contribution in [0.15, 0.2) is 23.8 Å². The van der Waals surface area contributed by atoms with E-state index in [9.17, 15) is 4.79 Å². The molecule has 1 amide bonds. The van der Waals surface area contributed by atoms with Crippen LogP contribution in [0.1, 0.15) is 40.9 Å². The quantitative estimate of drug-likeness (QED) is 0.844. The normalized spacial score (nSPS) is 13.7. The van der Waals surface area contributed by atoms with E-state index in [1.54, 1.807) is 4.90 Å². The molecule has 1 heterocycles. The first-order chi connectivity index (χ1) is 9.02. The van der Waals surface area contributed by atoms with E-state index in [4.69, 9.17) is 5.11 Å². The molecule has 2 rings (SSSR count). The third kappa shape index (κ3) is 2.87. The Kier molecular flexibility index (Phi) is 4.05. The molecule has 19 heavy (non-hydrogen) atoms. The van der Waals surface area contributed by atoms with Gasteiger partial charge in [-0.3, -0.25) is 4.79 Å². The molecule has 0 spiro atoms. The topological polar surface area (TPSA) is 40.5 Å². The van der Waals surface area contributed by atoms with Gasteiger partial charge in [0.25, 0.3) is 5.91 Å². The molecule has 0 fully saturated rings. The fourth-order valence-corrected chi connectivity index (χ4v) is 2.43. The standard InChI is InChI=1S/C16H21NO2/c1-11(2)4-5-13-9-15-14(8-12(13)3)10-17(6-7-18)16(15)19/h4,8-9,18H,5-7,10H2,1-3H3. The van der Waals surface area contributed by atoms with Crippen LogP contribution in [-0.2, 0) is 13.0 Å². The average molecular weight is 259 g/mol. The molecule has 0 aliphatic carbocycles. The lowest BCUT2D eigenvalue weighted by Crippen LogP contribution is -2.26. The van der Waals surface area contributed by atoms with Gasteiger partial charge < -0.3 is 10.0 Å². The predicted octanol–water partition coefficient (Wildman–Crippen LogP) is 2.45. The fraction of sp³-hybridized carbons (Fsp3) is 0.438. The van der Waals surface area contributed by atoms with Crippen molar-refractivity contribution in [1.29, 1.82) is 0 Å². The second-order valence-electron chi connectivity index (χ2n) is 5.37. The molecule has 1 aromatic carbocycles. The predicted molar refractivity (Wildman–Crippen MR) is 76.1 cm³/mol. The van der Waals surface area contributed by atoms with Gasteiger partial charge in [-0.15, -0.1) is 0 Å². The molecule has 1 aliphatic heterocycles. The van der Waals surface area contributed by atoms with E-state index < -0.39 is 0 Å². The van der Waals surface area contributed by atoms with Crippen LogP contribution >= 0.6 is 0 Å². The smallest absolute Gasteiger partial charge is 0.254 e. The number of nitrogens with zero attached hydrogens (tertiary/aromatic N) is 1. The number of allylic oxidation sites excluding steroid dienone is 2. The third-order valence-corrected chi connectivity index (χ3v) is 3.54. The summed E-state index contributed by atoms with van der Waals surface area (Å²) >= 11 is 0. The number of aliphatic hydroxyl groups is 1. The molecule has 102 valence electrons. The summed E-state index contributed by atoms with van der Waals surface area (Å²) in [5.41, 5.74) is 5.61. The number of rotatable bonds is 4. The summed E-state index contributed by atoms with van der Waals surface area (Å²) in [6, 6.07) is 4.13. The fourth-order valence-electron chi connectivity index (χ4n) is 2.43. The van der Waals surface area contributed by atoms with Crippen LogP contribution in [0.3, 0.4) is 0 Å². The van der Waals surface area contributed by atoms with E-state index in [2.05, 4.69) is 32.9 Å². The number of aliphatic hydroxyl groups excluding tert-OH is 1. The molecule has 0 unspecified atom stereocenters. The maximum absolute atomic E-state index is 12.2. The highest BCUT2D eigenvalue weighted by Crippen LogP contribution is 2.26. The van der Waals surface area contributed by atoms with Crippen molar-refractivity contribution < 1.29 is 9.90 Å². The Morgan fingerprint density at radius 2 is 2.16 bits per heavy atom. The number of hydrogen-bond donors (Lipinski definition) is 1. The van der Waals surface area contributed by atoms with Gasteiger partial charge in [0.2, 0.25) is 0 Å². The summed E-state index contributed by atoms with van der Waals surface area (Å²) in [6.45, 7) is 7.30. The van der Waals surface area contributed by atoms with Gasteiger partial charge in [0, 0.05) is 18.7 Å². The molecule has 0 saturated heterocycles. The Hall–Kier alpha value is -1.61. The van der Waals surface area contributed by atoms with Gasteiger partial charge in [-0.1, -0.05) is 17.7 Å². The monoisotopic (exact) mass is 259 g/mol. The van der Waals surface area contributed by atoms with Crippen molar-refractivity contribution in [2.45, 2.75) is 33.7 Å². The molecule has 1 aliphatic rings. The SMILES string of the molecule is CC(C)=CCc1cc2c(cc1C)CN(CCO)C2=O. The molecule has 0 atom stereocenters. The van der Waals surface area contributed by atoms with Gasteiger partial charge in [0.1, 0.15) is 0 Å². The Bertz CT molecular complexity index is 528. The van der Waals surface area contributed by atoms with Crippen molar-refractivity contribution in [3.8, 4) is 0 Å². The van der Waals surface area contributed by atoms with Crippen molar-refractivity contribution in [2.24, 2.45) is 0 Å². The van der Waals surface area contributed by atoms with Crippen molar-refractivity contribution in [2.75, 3.05) is 13.2 Å². The zero-order valence-corrected chi connectivity index (χ0v) is 11.9. The number of β-amino-alcohol motifs (C(OH)–C–C–N with tert-alkyl or cyclic N) is 1. The number of fused-ring (bicyclic) bond motifs is 1. The lowest BCUT2D eigenvalue weighted by Gasteiger charge is -2.12. The first-order valence-corrected chi connectivity index (χ1v) is 6.69. The van der Waals surface area contributed by atoms with Gasteiger partial charge in [-0.25, -0.2) is 0 Å². The molecular formula is C16H21NO2. The van der Waals surface area contributed by atoms with Crippen molar-refractivity contribution in [1.82, 2.24) is 4.90 Å². The van der Waals surface area contributed by atoms with Crippen LogP contribution in [-0.4, -0.2) is 29.1 Å². The van der Waals surface area contributed by atoms with Crippen LogP contribution < -0.4 is 0 Å². The summed E-state index contributed by atoms with van der Waals surface area (Å²) in [6.07, 6.45) is 3.05. The van der Waals surface area contributed by atoms with Gasteiger partial charge in [-0.2, -0.15) is 0 Å². The highest BCUT2D eigenvalue weighted by Gasteiger charge is 2.27. The largest absolute Gasteiger partial charge is 0.395 e. The zero-order valence-electron chi connectivity index (χ0n) is 11.9. The summed E-state index contributed by atoms with van der Waals surface area (Å²) in [4.78, 5) is 13.9. The van der Waals surface area contributed by atoms with Crippen LogP contribution in [0.5, 0.6) is 0 Å². The average Bonchev–Trinajstić information content (AvgIpc) is 2.64. The highest BCUT2D eigenvalue weighted by atomic mass is 16.3. The first kappa shape index (κ1) is 13.8.